The highest BCUT2D eigenvalue weighted by Crippen LogP contribution is 2.25. The second kappa shape index (κ2) is 8.37. The zero-order valence-corrected chi connectivity index (χ0v) is 16.1. The molecule has 1 saturated heterocycles. The molecule has 1 fully saturated rings. The van der Waals surface area contributed by atoms with Gasteiger partial charge in [0.05, 0.1) is 5.92 Å². The SMILES string of the molecule is CC(C)CN1C(=O)CC[C@@H](C(=O)NCc2ccc(N(C)C)cc2)[C@H]1C. The number of nitrogens with one attached hydrogen (secondary N) is 1. The van der Waals surface area contributed by atoms with Crippen molar-refractivity contribution in [2.45, 2.75) is 46.2 Å². The van der Waals surface area contributed by atoms with Crippen LogP contribution >= 0.6 is 0 Å². The van der Waals surface area contributed by atoms with Crippen LogP contribution in [0.2, 0.25) is 0 Å². The molecule has 5 nitrogen and oxygen atoms in total. The number of carbonyl (C=O) groups excluding carboxylic acids is 2. The maximum Gasteiger partial charge on any atom is 0.225 e. The summed E-state index contributed by atoms with van der Waals surface area (Å²) in [5.41, 5.74) is 2.22. The fourth-order valence-corrected chi connectivity index (χ4v) is 3.35. The van der Waals surface area contributed by atoms with Crippen molar-refractivity contribution in [2.24, 2.45) is 11.8 Å². The Bertz CT molecular complexity index is 595. The molecule has 2 amide bonds. The highest BCUT2D eigenvalue weighted by atomic mass is 16.2. The van der Waals surface area contributed by atoms with Crippen molar-refractivity contribution in [2.75, 3.05) is 25.5 Å². The molecule has 1 aromatic carbocycles. The molecule has 1 aliphatic heterocycles. The molecule has 25 heavy (non-hydrogen) atoms. The van der Waals surface area contributed by atoms with Crippen LogP contribution in [0.1, 0.15) is 39.2 Å². The van der Waals surface area contributed by atoms with Gasteiger partial charge in [0.2, 0.25) is 11.8 Å². The second-order valence-electron chi connectivity index (χ2n) is 7.60. The van der Waals surface area contributed by atoms with Crippen molar-refractivity contribution in [3.8, 4) is 0 Å². The van der Waals surface area contributed by atoms with E-state index in [4.69, 9.17) is 0 Å². The van der Waals surface area contributed by atoms with Crippen molar-refractivity contribution in [1.82, 2.24) is 10.2 Å². The van der Waals surface area contributed by atoms with Crippen LogP contribution in [0.5, 0.6) is 0 Å². The molecule has 0 aromatic heterocycles. The van der Waals surface area contributed by atoms with E-state index in [0.717, 1.165) is 17.8 Å². The third kappa shape index (κ3) is 4.97. The summed E-state index contributed by atoms with van der Waals surface area (Å²) in [4.78, 5) is 28.7. The number of carbonyl (C=O) groups is 2. The summed E-state index contributed by atoms with van der Waals surface area (Å²) in [6, 6.07) is 8.13. The monoisotopic (exact) mass is 345 g/mol. The van der Waals surface area contributed by atoms with Gasteiger partial charge in [-0.15, -0.1) is 0 Å². The van der Waals surface area contributed by atoms with Crippen LogP contribution in [0.15, 0.2) is 24.3 Å². The Labute approximate surface area is 151 Å². The number of benzene rings is 1. The summed E-state index contributed by atoms with van der Waals surface area (Å²) in [5.74, 6) is 0.496. The molecule has 1 aromatic rings. The molecular weight excluding hydrogens is 314 g/mol. The van der Waals surface area contributed by atoms with E-state index in [1.165, 1.54) is 0 Å². The Balaban J connectivity index is 1.94. The van der Waals surface area contributed by atoms with Gasteiger partial charge in [-0.3, -0.25) is 9.59 Å². The van der Waals surface area contributed by atoms with Crippen LogP contribution < -0.4 is 10.2 Å². The number of nitrogens with zero attached hydrogens (tertiary/aromatic N) is 2. The van der Waals surface area contributed by atoms with Crippen LogP contribution in [0.4, 0.5) is 5.69 Å². The van der Waals surface area contributed by atoms with Gasteiger partial charge in [-0.25, -0.2) is 0 Å². The van der Waals surface area contributed by atoms with Crippen molar-refractivity contribution in [3.63, 3.8) is 0 Å². The molecule has 2 rings (SSSR count). The average Bonchev–Trinajstić information content (AvgIpc) is 2.56. The largest absolute Gasteiger partial charge is 0.378 e. The van der Waals surface area contributed by atoms with Gasteiger partial charge in [0.25, 0.3) is 0 Å². The van der Waals surface area contributed by atoms with Crippen LogP contribution in [0.3, 0.4) is 0 Å². The summed E-state index contributed by atoms with van der Waals surface area (Å²) < 4.78 is 0. The van der Waals surface area contributed by atoms with E-state index in [0.29, 0.717) is 25.3 Å². The van der Waals surface area contributed by atoms with E-state index in [1.807, 2.05) is 55.1 Å². The summed E-state index contributed by atoms with van der Waals surface area (Å²) in [5, 5.41) is 3.05. The lowest BCUT2D eigenvalue weighted by Crippen LogP contribution is -2.52. The molecule has 0 aliphatic carbocycles. The quantitative estimate of drug-likeness (QED) is 0.862. The minimum absolute atomic E-state index is 0.0419. The molecule has 138 valence electrons. The van der Waals surface area contributed by atoms with Gasteiger partial charge in [0.1, 0.15) is 0 Å². The number of anilines is 1. The van der Waals surface area contributed by atoms with Crippen molar-refractivity contribution in [3.05, 3.63) is 29.8 Å². The zero-order valence-electron chi connectivity index (χ0n) is 16.1. The topological polar surface area (TPSA) is 52.7 Å². The molecule has 1 heterocycles. The van der Waals surface area contributed by atoms with Crippen LogP contribution in [0, 0.1) is 11.8 Å². The van der Waals surface area contributed by atoms with Gasteiger partial charge < -0.3 is 15.1 Å². The number of piperidine rings is 1. The molecule has 1 N–H and O–H groups in total. The van der Waals surface area contributed by atoms with E-state index >= 15 is 0 Å². The van der Waals surface area contributed by atoms with Crippen molar-refractivity contribution >= 4 is 17.5 Å². The number of hydrogen-bond acceptors (Lipinski definition) is 3. The summed E-state index contributed by atoms with van der Waals surface area (Å²) >= 11 is 0. The molecule has 0 bridgehead atoms. The number of rotatable bonds is 6. The molecule has 0 radical (unpaired) electrons. The minimum Gasteiger partial charge on any atom is -0.378 e. The van der Waals surface area contributed by atoms with E-state index in [9.17, 15) is 9.59 Å². The Morgan fingerprint density at radius 2 is 1.92 bits per heavy atom. The molecule has 0 spiro atoms. The third-order valence-corrected chi connectivity index (χ3v) is 4.88. The Morgan fingerprint density at radius 3 is 2.48 bits per heavy atom. The van der Waals surface area contributed by atoms with Gasteiger partial charge in [0, 0.05) is 45.3 Å². The van der Waals surface area contributed by atoms with E-state index in [2.05, 4.69) is 19.2 Å². The van der Waals surface area contributed by atoms with Crippen molar-refractivity contribution < 1.29 is 9.59 Å². The van der Waals surface area contributed by atoms with E-state index in [-0.39, 0.29) is 23.8 Å². The second-order valence-corrected chi connectivity index (χ2v) is 7.60. The lowest BCUT2D eigenvalue weighted by molar-refractivity contribution is -0.143. The molecular formula is C20H31N3O2. The van der Waals surface area contributed by atoms with Crippen molar-refractivity contribution in [1.29, 1.82) is 0 Å². The standard InChI is InChI=1S/C20H31N3O2/c1-14(2)13-23-15(3)18(10-11-19(23)24)20(25)21-12-16-6-8-17(9-7-16)22(4)5/h6-9,14-15,18H,10-13H2,1-5H3,(H,21,25)/t15-,18-/m1/s1. The van der Waals surface area contributed by atoms with Gasteiger partial charge >= 0.3 is 0 Å². The molecule has 5 heteroatoms. The number of amides is 2. The smallest absolute Gasteiger partial charge is 0.225 e. The van der Waals surface area contributed by atoms with Gasteiger partial charge in [0.15, 0.2) is 0 Å². The van der Waals surface area contributed by atoms with Crippen LogP contribution in [-0.4, -0.2) is 43.4 Å². The molecule has 2 atom stereocenters. The van der Waals surface area contributed by atoms with Gasteiger partial charge in [-0.05, 0) is 37.0 Å². The first-order valence-corrected chi connectivity index (χ1v) is 9.13. The van der Waals surface area contributed by atoms with E-state index in [1.54, 1.807) is 0 Å². The molecule has 0 unspecified atom stereocenters. The first kappa shape index (κ1) is 19.3. The molecule has 0 saturated carbocycles. The highest BCUT2D eigenvalue weighted by molar-refractivity contribution is 5.84. The summed E-state index contributed by atoms with van der Waals surface area (Å²) in [6.07, 6.45) is 1.10. The maximum absolute atomic E-state index is 12.6. The van der Waals surface area contributed by atoms with Crippen LogP contribution in [-0.2, 0) is 16.1 Å². The minimum atomic E-state index is -0.127. The Kier molecular flexibility index (Phi) is 6.45. The fourth-order valence-electron chi connectivity index (χ4n) is 3.35. The fraction of sp³-hybridized carbons (Fsp3) is 0.600. The highest BCUT2D eigenvalue weighted by Gasteiger charge is 2.36. The van der Waals surface area contributed by atoms with Crippen LogP contribution in [0.25, 0.3) is 0 Å². The number of likely N-dealkylation sites (tertiary alicyclic amines) is 1. The maximum atomic E-state index is 12.6. The van der Waals surface area contributed by atoms with E-state index < -0.39 is 0 Å². The first-order valence-electron chi connectivity index (χ1n) is 9.13. The van der Waals surface area contributed by atoms with Gasteiger partial charge in [-0.1, -0.05) is 26.0 Å². The zero-order chi connectivity index (χ0) is 18.6. The molecule has 1 aliphatic rings. The summed E-state index contributed by atoms with van der Waals surface area (Å²) in [6.45, 7) is 7.43. The predicted molar refractivity (Wildman–Crippen MR) is 101 cm³/mol. The number of hydrogen-bond donors (Lipinski definition) is 1. The lowest BCUT2D eigenvalue weighted by Gasteiger charge is -2.39. The average molecular weight is 345 g/mol. The predicted octanol–water partition coefficient (Wildman–Crippen LogP) is 2.65. The third-order valence-electron chi connectivity index (χ3n) is 4.88. The Hall–Kier alpha value is -2.04. The lowest BCUT2D eigenvalue weighted by atomic mass is 9.88. The Morgan fingerprint density at radius 1 is 1.28 bits per heavy atom. The summed E-state index contributed by atoms with van der Waals surface area (Å²) in [7, 11) is 4.01. The first-order chi connectivity index (χ1) is 11.8. The normalized spacial score (nSPS) is 20.7. The van der Waals surface area contributed by atoms with Gasteiger partial charge in [-0.2, -0.15) is 0 Å².